The molecule has 0 aromatic heterocycles. The second kappa shape index (κ2) is 7.19. The van der Waals surface area contributed by atoms with Crippen molar-refractivity contribution < 1.29 is 9.90 Å². The van der Waals surface area contributed by atoms with Crippen LogP contribution in [0, 0.1) is 13.8 Å². The van der Waals surface area contributed by atoms with Crippen LogP contribution in [0.3, 0.4) is 0 Å². The number of aliphatic hydroxyl groups is 1. The number of aryl methyl sites for hydroxylation is 2. The van der Waals surface area contributed by atoms with Crippen molar-refractivity contribution >= 4 is 11.6 Å². The molecule has 0 bridgehead atoms. The summed E-state index contributed by atoms with van der Waals surface area (Å²) in [5.74, 6) is 0.256. The number of anilines is 1. The van der Waals surface area contributed by atoms with Gasteiger partial charge in [-0.05, 0) is 57.7 Å². The first-order chi connectivity index (χ1) is 12.9. The number of hydrogen-bond acceptors (Lipinski definition) is 4. The van der Waals surface area contributed by atoms with Crippen molar-refractivity contribution in [2.24, 2.45) is 0 Å². The van der Waals surface area contributed by atoms with Gasteiger partial charge in [0.25, 0.3) is 0 Å². The summed E-state index contributed by atoms with van der Waals surface area (Å²) >= 11 is 0. The van der Waals surface area contributed by atoms with Crippen LogP contribution < -0.4 is 4.90 Å². The van der Waals surface area contributed by atoms with Gasteiger partial charge in [0, 0.05) is 19.1 Å². The summed E-state index contributed by atoms with van der Waals surface area (Å²) in [5, 5.41) is 10.4. The zero-order valence-electron chi connectivity index (χ0n) is 16.9. The minimum absolute atomic E-state index is 0.198. The third-order valence-corrected chi connectivity index (χ3v) is 7.23. The highest BCUT2D eigenvalue weighted by Gasteiger charge is 2.53. The number of carbonyl (C=O) groups is 1. The predicted molar refractivity (Wildman–Crippen MR) is 108 cm³/mol. The van der Waals surface area contributed by atoms with Gasteiger partial charge in [-0.2, -0.15) is 0 Å². The second-order valence-electron chi connectivity index (χ2n) is 8.80. The van der Waals surface area contributed by atoms with Crippen molar-refractivity contribution in [3.8, 4) is 0 Å². The van der Waals surface area contributed by atoms with Crippen LogP contribution >= 0.6 is 0 Å². The SMILES string of the molecule is Cc1cccc(C)c1N1CN(C)C2(CCN(C3CCCCC3O)CC2)C1=O. The fourth-order valence-electron chi connectivity index (χ4n) is 5.57. The second-order valence-corrected chi connectivity index (χ2v) is 8.80. The molecule has 0 radical (unpaired) electrons. The number of hydrogen-bond donors (Lipinski definition) is 1. The zero-order valence-corrected chi connectivity index (χ0v) is 16.9. The highest BCUT2D eigenvalue weighted by atomic mass is 16.3. The Morgan fingerprint density at radius 2 is 1.70 bits per heavy atom. The van der Waals surface area contributed by atoms with Gasteiger partial charge >= 0.3 is 0 Å². The van der Waals surface area contributed by atoms with Crippen LogP contribution in [-0.4, -0.2) is 65.3 Å². The maximum absolute atomic E-state index is 13.6. The molecule has 1 amide bonds. The van der Waals surface area contributed by atoms with Crippen molar-refractivity contribution in [1.29, 1.82) is 0 Å². The predicted octanol–water partition coefficient (Wildman–Crippen LogP) is 2.68. The molecule has 2 aliphatic heterocycles. The fraction of sp³-hybridized carbons (Fsp3) is 0.682. The van der Waals surface area contributed by atoms with E-state index in [0.29, 0.717) is 6.67 Å². The summed E-state index contributed by atoms with van der Waals surface area (Å²) in [4.78, 5) is 20.3. The molecule has 1 N–H and O–H groups in total. The van der Waals surface area contributed by atoms with Crippen molar-refractivity contribution in [3.63, 3.8) is 0 Å². The molecule has 1 saturated carbocycles. The lowest BCUT2D eigenvalue weighted by Gasteiger charge is -2.46. The number of aliphatic hydroxyl groups excluding tert-OH is 1. The average molecular weight is 372 g/mol. The van der Waals surface area contributed by atoms with E-state index in [-0.39, 0.29) is 23.6 Å². The number of likely N-dealkylation sites (tertiary alicyclic amines) is 1. The standard InChI is InChI=1S/C22H33N3O2/c1-16-7-6-8-17(2)20(16)25-15-23(3)22(21(25)27)11-13-24(14-12-22)18-9-4-5-10-19(18)26/h6-8,18-19,26H,4-5,9-15H2,1-3H3. The molecule has 3 aliphatic rings. The summed E-state index contributed by atoms with van der Waals surface area (Å²) in [6, 6.07) is 6.52. The van der Waals surface area contributed by atoms with Gasteiger partial charge in [0.2, 0.25) is 5.91 Å². The van der Waals surface area contributed by atoms with E-state index >= 15 is 0 Å². The molecule has 148 valence electrons. The molecular formula is C22H33N3O2. The van der Waals surface area contributed by atoms with E-state index in [1.807, 2.05) is 4.90 Å². The summed E-state index contributed by atoms with van der Waals surface area (Å²) in [5.41, 5.74) is 3.02. The lowest BCUT2D eigenvalue weighted by atomic mass is 9.83. The Morgan fingerprint density at radius 1 is 1.07 bits per heavy atom. The highest BCUT2D eigenvalue weighted by molar-refractivity contribution is 6.03. The van der Waals surface area contributed by atoms with Gasteiger partial charge in [-0.15, -0.1) is 0 Å². The highest BCUT2D eigenvalue weighted by Crippen LogP contribution is 2.40. The molecule has 1 aromatic rings. The first kappa shape index (κ1) is 18.9. The lowest BCUT2D eigenvalue weighted by molar-refractivity contribution is -0.128. The number of piperidine rings is 1. The molecule has 3 fully saturated rings. The topological polar surface area (TPSA) is 47.0 Å². The third kappa shape index (κ3) is 3.10. The molecule has 5 nitrogen and oxygen atoms in total. The summed E-state index contributed by atoms with van der Waals surface area (Å²) in [7, 11) is 2.09. The third-order valence-electron chi connectivity index (χ3n) is 7.23. The first-order valence-corrected chi connectivity index (χ1v) is 10.5. The van der Waals surface area contributed by atoms with E-state index in [4.69, 9.17) is 0 Å². The van der Waals surface area contributed by atoms with Crippen molar-refractivity contribution in [1.82, 2.24) is 9.80 Å². The molecule has 2 saturated heterocycles. The lowest BCUT2D eigenvalue weighted by Crippen LogP contribution is -2.58. The normalized spacial score (nSPS) is 29.6. The van der Waals surface area contributed by atoms with Gasteiger partial charge < -0.3 is 5.11 Å². The quantitative estimate of drug-likeness (QED) is 0.868. The fourth-order valence-corrected chi connectivity index (χ4v) is 5.57. The van der Waals surface area contributed by atoms with Gasteiger partial charge in [0.1, 0.15) is 5.54 Å². The minimum Gasteiger partial charge on any atom is -0.391 e. The minimum atomic E-state index is -0.384. The van der Waals surface area contributed by atoms with Crippen molar-refractivity contribution in [3.05, 3.63) is 29.3 Å². The first-order valence-electron chi connectivity index (χ1n) is 10.5. The maximum atomic E-state index is 13.6. The molecule has 27 heavy (non-hydrogen) atoms. The number of carbonyl (C=O) groups excluding carboxylic acids is 1. The Labute approximate surface area is 162 Å². The molecule has 4 rings (SSSR count). The van der Waals surface area contributed by atoms with Crippen LogP contribution in [0.4, 0.5) is 5.69 Å². The maximum Gasteiger partial charge on any atom is 0.248 e. The Morgan fingerprint density at radius 3 is 2.33 bits per heavy atom. The number of nitrogens with zero attached hydrogens (tertiary/aromatic N) is 3. The average Bonchev–Trinajstić information content (AvgIpc) is 2.88. The Hall–Kier alpha value is -1.43. The van der Waals surface area contributed by atoms with E-state index in [0.717, 1.165) is 62.0 Å². The van der Waals surface area contributed by atoms with Gasteiger partial charge in [-0.3, -0.25) is 19.5 Å². The molecule has 1 aromatic carbocycles. The number of amides is 1. The van der Waals surface area contributed by atoms with Gasteiger partial charge in [-0.25, -0.2) is 0 Å². The number of para-hydroxylation sites is 1. The van der Waals surface area contributed by atoms with E-state index in [1.165, 1.54) is 6.42 Å². The van der Waals surface area contributed by atoms with Crippen molar-refractivity contribution in [2.45, 2.75) is 70.1 Å². The van der Waals surface area contributed by atoms with E-state index < -0.39 is 0 Å². The van der Waals surface area contributed by atoms with Gasteiger partial charge in [0.05, 0.1) is 18.5 Å². The van der Waals surface area contributed by atoms with Crippen LogP contribution in [0.5, 0.6) is 0 Å². The summed E-state index contributed by atoms with van der Waals surface area (Å²) < 4.78 is 0. The molecule has 2 heterocycles. The summed E-state index contributed by atoms with van der Waals surface area (Å²) in [6.07, 6.45) is 5.87. The molecule has 5 heteroatoms. The molecular weight excluding hydrogens is 338 g/mol. The number of benzene rings is 1. The Kier molecular flexibility index (Phi) is 5.04. The van der Waals surface area contributed by atoms with Gasteiger partial charge in [-0.1, -0.05) is 31.0 Å². The molecule has 2 atom stereocenters. The van der Waals surface area contributed by atoms with Gasteiger partial charge in [0.15, 0.2) is 0 Å². The van der Waals surface area contributed by atoms with E-state index in [1.54, 1.807) is 0 Å². The largest absolute Gasteiger partial charge is 0.391 e. The molecule has 2 unspecified atom stereocenters. The molecule has 1 aliphatic carbocycles. The van der Waals surface area contributed by atoms with Crippen molar-refractivity contribution in [2.75, 3.05) is 31.7 Å². The van der Waals surface area contributed by atoms with E-state index in [2.05, 4.69) is 48.9 Å². The van der Waals surface area contributed by atoms with Crippen LogP contribution in [-0.2, 0) is 4.79 Å². The van der Waals surface area contributed by atoms with Crippen LogP contribution in [0.15, 0.2) is 18.2 Å². The monoisotopic (exact) mass is 371 g/mol. The van der Waals surface area contributed by atoms with Crippen LogP contribution in [0.2, 0.25) is 0 Å². The molecule has 1 spiro atoms. The van der Waals surface area contributed by atoms with Crippen LogP contribution in [0.1, 0.15) is 49.7 Å². The smallest absolute Gasteiger partial charge is 0.248 e. The Bertz CT molecular complexity index is 691. The Balaban J connectivity index is 1.52. The number of rotatable bonds is 2. The summed E-state index contributed by atoms with van der Waals surface area (Å²) in [6.45, 7) is 6.65. The zero-order chi connectivity index (χ0) is 19.2. The number of likely N-dealkylation sites (N-methyl/N-ethyl adjacent to an activating group) is 1. The van der Waals surface area contributed by atoms with E-state index in [9.17, 15) is 9.90 Å². The van der Waals surface area contributed by atoms with Crippen LogP contribution in [0.25, 0.3) is 0 Å².